The van der Waals surface area contributed by atoms with Gasteiger partial charge >= 0.3 is 0 Å². The van der Waals surface area contributed by atoms with E-state index in [1.54, 1.807) is 0 Å². The molecule has 0 nitrogen and oxygen atoms in total. The Labute approximate surface area is 142 Å². The first-order chi connectivity index (χ1) is 10.8. The number of hydrogen-bond acceptors (Lipinski definition) is 0. The van der Waals surface area contributed by atoms with Crippen molar-refractivity contribution in [1.29, 1.82) is 0 Å². The second kappa shape index (κ2) is 17.4. The summed E-state index contributed by atoms with van der Waals surface area (Å²) < 4.78 is 0. The smallest absolute Gasteiger partial charge is 0.0324 e. The Kier molecular flexibility index (Phi) is 17.4. The molecule has 0 amide bonds. The minimum atomic E-state index is 0.898. The second-order valence-corrected chi connectivity index (χ2v) is 7.34. The Morgan fingerprint density at radius 2 is 0.909 bits per heavy atom. The Balaban J connectivity index is 4.02. The lowest BCUT2D eigenvalue weighted by molar-refractivity contribution is 0.378. The van der Waals surface area contributed by atoms with Gasteiger partial charge < -0.3 is 0 Å². The highest BCUT2D eigenvalue weighted by atomic mass is 14.2. The van der Waals surface area contributed by atoms with Crippen LogP contribution in [0.4, 0.5) is 0 Å². The summed E-state index contributed by atoms with van der Waals surface area (Å²) in [5.41, 5.74) is 0. The molecule has 0 heteroatoms. The number of rotatable bonds is 17. The van der Waals surface area contributed by atoms with E-state index < -0.39 is 0 Å². The van der Waals surface area contributed by atoms with Gasteiger partial charge in [0.2, 0.25) is 0 Å². The fourth-order valence-electron chi connectivity index (χ4n) is 3.55. The summed E-state index contributed by atoms with van der Waals surface area (Å²) in [4.78, 5) is 0. The minimum Gasteiger partial charge on any atom is -0.0654 e. The van der Waals surface area contributed by atoms with Crippen LogP contribution in [-0.4, -0.2) is 0 Å². The Bertz CT molecular complexity index is 188. The van der Waals surface area contributed by atoms with Crippen LogP contribution >= 0.6 is 0 Å². The van der Waals surface area contributed by atoms with Crippen LogP contribution in [0.3, 0.4) is 0 Å². The highest BCUT2D eigenvalue weighted by Crippen LogP contribution is 2.28. The molecular formula is C22H45. The molecule has 1 radical (unpaired) electrons. The largest absolute Gasteiger partial charge is 0.0654 e. The minimum absolute atomic E-state index is 0.898. The summed E-state index contributed by atoms with van der Waals surface area (Å²) in [5.74, 6) is 1.80. The van der Waals surface area contributed by atoms with Crippen LogP contribution in [-0.2, 0) is 0 Å². The zero-order valence-electron chi connectivity index (χ0n) is 16.3. The molecule has 1 atom stereocenters. The topological polar surface area (TPSA) is 0 Å². The molecule has 0 spiro atoms. The van der Waals surface area contributed by atoms with E-state index in [2.05, 4.69) is 34.1 Å². The van der Waals surface area contributed by atoms with E-state index in [-0.39, 0.29) is 0 Å². The van der Waals surface area contributed by atoms with Gasteiger partial charge in [-0.15, -0.1) is 0 Å². The standard InChI is InChI=1S/C22H45/c1-5-9-12-13-14-15-19-21(16-8-4)20-22(17-10-6-2)18-11-7-3/h20-22H,5-19H2,1-4H3. The molecule has 0 aromatic carbocycles. The molecule has 0 fully saturated rings. The van der Waals surface area contributed by atoms with Crippen molar-refractivity contribution in [2.75, 3.05) is 0 Å². The van der Waals surface area contributed by atoms with Gasteiger partial charge in [-0.2, -0.15) is 0 Å². The zero-order chi connectivity index (χ0) is 16.5. The van der Waals surface area contributed by atoms with E-state index in [0.717, 1.165) is 11.8 Å². The Morgan fingerprint density at radius 3 is 1.45 bits per heavy atom. The zero-order valence-corrected chi connectivity index (χ0v) is 16.3. The molecule has 0 rings (SSSR count). The van der Waals surface area contributed by atoms with Crippen LogP contribution in [0.15, 0.2) is 0 Å². The highest BCUT2D eigenvalue weighted by Gasteiger charge is 2.15. The second-order valence-electron chi connectivity index (χ2n) is 7.34. The van der Waals surface area contributed by atoms with Gasteiger partial charge in [-0.05, 0) is 18.3 Å². The molecule has 0 heterocycles. The summed E-state index contributed by atoms with van der Waals surface area (Å²) in [6.45, 7) is 9.32. The molecule has 0 N–H and O–H groups in total. The van der Waals surface area contributed by atoms with Crippen molar-refractivity contribution >= 4 is 0 Å². The molecule has 133 valence electrons. The predicted molar refractivity (Wildman–Crippen MR) is 103 cm³/mol. The molecule has 0 aliphatic heterocycles. The molecule has 0 saturated heterocycles. The fraction of sp³-hybridized carbons (Fsp3) is 0.955. The third-order valence-corrected chi connectivity index (χ3v) is 4.99. The lowest BCUT2D eigenvalue weighted by Crippen LogP contribution is -2.11. The number of hydrogen-bond donors (Lipinski definition) is 0. The quantitative estimate of drug-likeness (QED) is 0.237. The summed E-state index contributed by atoms with van der Waals surface area (Å²) >= 11 is 0. The summed E-state index contributed by atoms with van der Waals surface area (Å²) in [6.07, 6.45) is 24.0. The van der Waals surface area contributed by atoms with Crippen molar-refractivity contribution in [2.24, 2.45) is 11.8 Å². The van der Waals surface area contributed by atoms with Gasteiger partial charge in [-0.25, -0.2) is 0 Å². The van der Waals surface area contributed by atoms with Crippen LogP contribution < -0.4 is 0 Å². The van der Waals surface area contributed by atoms with Crippen molar-refractivity contribution in [3.05, 3.63) is 6.42 Å². The predicted octanol–water partition coefficient (Wildman–Crippen LogP) is 8.35. The van der Waals surface area contributed by atoms with E-state index in [1.165, 1.54) is 96.3 Å². The van der Waals surface area contributed by atoms with Crippen LogP contribution in [0.1, 0.15) is 124 Å². The maximum absolute atomic E-state index is 2.78. The average Bonchev–Trinajstić information content (AvgIpc) is 2.53. The summed E-state index contributed by atoms with van der Waals surface area (Å²) in [5, 5.41) is 0. The van der Waals surface area contributed by atoms with E-state index in [1.807, 2.05) is 0 Å². The maximum atomic E-state index is 2.78. The van der Waals surface area contributed by atoms with Gasteiger partial charge in [0.25, 0.3) is 0 Å². The monoisotopic (exact) mass is 309 g/mol. The molecule has 0 aromatic heterocycles. The van der Waals surface area contributed by atoms with Crippen molar-refractivity contribution in [2.45, 2.75) is 124 Å². The van der Waals surface area contributed by atoms with Gasteiger partial charge in [0.05, 0.1) is 0 Å². The first-order valence-electron chi connectivity index (χ1n) is 10.6. The van der Waals surface area contributed by atoms with Crippen molar-refractivity contribution < 1.29 is 0 Å². The van der Waals surface area contributed by atoms with Gasteiger partial charge in [0.15, 0.2) is 0 Å². The van der Waals surface area contributed by atoms with Crippen molar-refractivity contribution in [1.82, 2.24) is 0 Å². The van der Waals surface area contributed by atoms with Gasteiger partial charge in [-0.3, -0.25) is 0 Å². The van der Waals surface area contributed by atoms with E-state index in [9.17, 15) is 0 Å². The Morgan fingerprint density at radius 1 is 0.455 bits per heavy atom. The van der Waals surface area contributed by atoms with E-state index >= 15 is 0 Å². The molecule has 0 aliphatic rings. The third-order valence-electron chi connectivity index (χ3n) is 4.99. The van der Waals surface area contributed by atoms with Crippen LogP contribution in [0.2, 0.25) is 0 Å². The van der Waals surface area contributed by atoms with Gasteiger partial charge in [0.1, 0.15) is 0 Å². The molecular weight excluding hydrogens is 264 g/mol. The highest BCUT2D eigenvalue weighted by molar-refractivity contribution is 4.83. The molecule has 0 saturated carbocycles. The van der Waals surface area contributed by atoms with Gasteiger partial charge in [-0.1, -0.05) is 124 Å². The molecule has 0 aromatic rings. The van der Waals surface area contributed by atoms with Crippen molar-refractivity contribution in [3.63, 3.8) is 0 Å². The molecule has 0 bridgehead atoms. The summed E-state index contributed by atoms with van der Waals surface area (Å²) in [6, 6.07) is 0. The van der Waals surface area contributed by atoms with Crippen LogP contribution in [0.25, 0.3) is 0 Å². The lowest BCUT2D eigenvalue weighted by Gasteiger charge is -2.23. The van der Waals surface area contributed by atoms with E-state index in [0.29, 0.717) is 0 Å². The van der Waals surface area contributed by atoms with Crippen LogP contribution in [0.5, 0.6) is 0 Å². The molecule has 22 heavy (non-hydrogen) atoms. The van der Waals surface area contributed by atoms with Crippen molar-refractivity contribution in [3.8, 4) is 0 Å². The Hall–Kier alpha value is 0. The van der Waals surface area contributed by atoms with E-state index in [4.69, 9.17) is 0 Å². The SMILES string of the molecule is CCCCCCCCC([CH]C(CCCC)CCCC)CCC. The van der Waals surface area contributed by atoms with Gasteiger partial charge in [0, 0.05) is 0 Å². The normalized spacial score (nSPS) is 13.0. The lowest BCUT2D eigenvalue weighted by atomic mass is 9.82. The molecule has 0 aliphatic carbocycles. The molecule has 1 unspecified atom stereocenters. The first kappa shape index (κ1) is 22.0. The summed E-state index contributed by atoms with van der Waals surface area (Å²) in [7, 11) is 0. The number of unbranched alkanes of at least 4 members (excludes halogenated alkanes) is 7. The fourth-order valence-corrected chi connectivity index (χ4v) is 3.55. The van der Waals surface area contributed by atoms with Crippen LogP contribution in [0, 0.1) is 18.3 Å². The average molecular weight is 310 g/mol. The maximum Gasteiger partial charge on any atom is -0.0324 e. The first-order valence-corrected chi connectivity index (χ1v) is 10.6. The third kappa shape index (κ3) is 13.6.